The normalized spacial score (nSPS) is 16.6. The first-order valence-electron chi connectivity index (χ1n) is 10.6. The molecule has 0 spiro atoms. The van der Waals surface area contributed by atoms with Crippen LogP contribution in [-0.2, 0) is 0 Å². The number of fused-ring (bicyclic) bond motifs is 1. The fraction of sp³-hybridized carbons (Fsp3) is 0.240. The molecule has 4 aromatic rings. The standard InChI is InChI=1S/C25H25N5O/c1-17-23(25(31)26-20-13-14-29(2)16-20)28-30-22(19-11-7-4-8-12-19)15-21(27-24(17)30)18-9-5-3-6-10-18/h3-12,15,20H,13-14,16H2,1-2H3,(H,26,31). The number of nitrogens with zero attached hydrogens (tertiary/aromatic N) is 4. The van der Waals surface area contributed by atoms with Crippen molar-refractivity contribution < 1.29 is 4.79 Å². The lowest BCUT2D eigenvalue weighted by Gasteiger charge is -2.11. The van der Waals surface area contributed by atoms with E-state index in [1.54, 1.807) is 4.52 Å². The smallest absolute Gasteiger partial charge is 0.272 e. The highest BCUT2D eigenvalue weighted by molar-refractivity contribution is 5.96. The van der Waals surface area contributed by atoms with Crippen LogP contribution in [0.5, 0.6) is 0 Å². The number of hydrogen-bond donors (Lipinski definition) is 1. The molecule has 1 unspecified atom stereocenters. The molecule has 5 rings (SSSR count). The highest BCUT2D eigenvalue weighted by Crippen LogP contribution is 2.28. The van der Waals surface area contributed by atoms with Crippen molar-refractivity contribution in [2.24, 2.45) is 0 Å². The molecule has 1 atom stereocenters. The summed E-state index contributed by atoms with van der Waals surface area (Å²) >= 11 is 0. The van der Waals surface area contributed by atoms with E-state index < -0.39 is 0 Å². The van der Waals surface area contributed by atoms with E-state index in [0.717, 1.165) is 47.6 Å². The van der Waals surface area contributed by atoms with Gasteiger partial charge in [-0.1, -0.05) is 60.7 Å². The van der Waals surface area contributed by atoms with Crippen molar-refractivity contribution in [3.05, 3.63) is 78.0 Å². The van der Waals surface area contributed by atoms with Crippen LogP contribution in [0.15, 0.2) is 66.7 Å². The Hall–Kier alpha value is -3.51. The molecule has 6 heteroatoms. The number of rotatable bonds is 4. The highest BCUT2D eigenvalue weighted by Gasteiger charge is 2.25. The second-order valence-corrected chi connectivity index (χ2v) is 8.19. The summed E-state index contributed by atoms with van der Waals surface area (Å²) in [6.07, 6.45) is 0.959. The molecule has 1 N–H and O–H groups in total. The summed E-state index contributed by atoms with van der Waals surface area (Å²) < 4.78 is 1.80. The van der Waals surface area contributed by atoms with Gasteiger partial charge in [-0.2, -0.15) is 5.10 Å². The molecule has 31 heavy (non-hydrogen) atoms. The first kappa shape index (κ1) is 19.5. The van der Waals surface area contributed by atoms with Crippen molar-refractivity contribution in [1.29, 1.82) is 0 Å². The van der Waals surface area contributed by atoms with Crippen LogP contribution < -0.4 is 5.32 Å². The van der Waals surface area contributed by atoms with E-state index in [1.807, 2.05) is 61.5 Å². The number of likely N-dealkylation sites (tertiary alicyclic amines) is 1. The van der Waals surface area contributed by atoms with Gasteiger partial charge in [-0.3, -0.25) is 4.79 Å². The van der Waals surface area contributed by atoms with E-state index >= 15 is 0 Å². The Morgan fingerprint density at radius 3 is 2.35 bits per heavy atom. The molecule has 1 aliphatic heterocycles. The predicted molar refractivity (Wildman–Crippen MR) is 122 cm³/mol. The van der Waals surface area contributed by atoms with E-state index in [4.69, 9.17) is 10.1 Å². The van der Waals surface area contributed by atoms with Crippen LogP contribution in [0, 0.1) is 6.92 Å². The summed E-state index contributed by atoms with van der Waals surface area (Å²) in [6, 6.07) is 22.4. The van der Waals surface area contributed by atoms with Gasteiger partial charge in [0.1, 0.15) is 0 Å². The second-order valence-electron chi connectivity index (χ2n) is 8.19. The minimum Gasteiger partial charge on any atom is -0.347 e. The number of nitrogens with one attached hydrogen (secondary N) is 1. The molecule has 1 saturated heterocycles. The Bertz CT molecular complexity index is 1230. The number of hydrogen-bond acceptors (Lipinski definition) is 4. The number of amides is 1. The fourth-order valence-corrected chi connectivity index (χ4v) is 4.22. The van der Waals surface area contributed by atoms with Crippen LogP contribution in [-0.4, -0.2) is 51.6 Å². The van der Waals surface area contributed by atoms with Crippen LogP contribution in [0.3, 0.4) is 0 Å². The second kappa shape index (κ2) is 7.96. The third kappa shape index (κ3) is 3.70. The molecule has 1 fully saturated rings. The lowest BCUT2D eigenvalue weighted by molar-refractivity contribution is 0.0932. The van der Waals surface area contributed by atoms with Gasteiger partial charge < -0.3 is 10.2 Å². The SMILES string of the molecule is Cc1c(C(=O)NC2CCN(C)C2)nn2c(-c3ccccc3)cc(-c3ccccc3)nc12. The first-order valence-corrected chi connectivity index (χ1v) is 10.6. The molecule has 0 bridgehead atoms. The summed E-state index contributed by atoms with van der Waals surface area (Å²) in [4.78, 5) is 20.2. The van der Waals surface area contributed by atoms with E-state index in [2.05, 4.69) is 29.4 Å². The molecule has 0 aliphatic carbocycles. The molecule has 2 aromatic heterocycles. The first-order chi connectivity index (χ1) is 15.1. The zero-order valence-corrected chi connectivity index (χ0v) is 17.7. The summed E-state index contributed by atoms with van der Waals surface area (Å²) in [6.45, 7) is 3.79. The molecular formula is C25H25N5O. The Morgan fingerprint density at radius 1 is 1.03 bits per heavy atom. The van der Waals surface area contributed by atoms with Gasteiger partial charge in [-0.15, -0.1) is 0 Å². The van der Waals surface area contributed by atoms with Crippen molar-refractivity contribution in [2.45, 2.75) is 19.4 Å². The maximum Gasteiger partial charge on any atom is 0.272 e. The molecule has 1 amide bonds. The van der Waals surface area contributed by atoms with E-state index in [9.17, 15) is 4.79 Å². The van der Waals surface area contributed by atoms with Gasteiger partial charge in [0, 0.05) is 29.3 Å². The molecule has 156 valence electrons. The van der Waals surface area contributed by atoms with Gasteiger partial charge in [0.2, 0.25) is 0 Å². The minimum atomic E-state index is -0.136. The molecule has 3 heterocycles. The Kier molecular flexibility index (Phi) is 5.00. The zero-order valence-electron chi connectivity index (χ0n) is 17.7. The Labute approximate surface area is 181 Å². The lowest BCUT2D eigenvalue weighted by Crippen LogP contribution is -2.37. The zero-order chi connectivity index (χ0) is 21.4. The molecule has 6 nitrogen and oxygen atoms in total. The van der Waals surface area contributed by atoms with E-state index in [0.29, 0.717) is 11.3 Å². The number of carbonyl (C=O) groups excluding carboxylic acids is 1. The molecule has 0 saturated carbocycles. The Balaban J connectivity index is 1.63. The van der Waals surface area contributed by atoms with Crippen molar-refractivity contribution >= 4 is 11.6 Å². The van der Waals surface area contributed by atoms with Gasteiger partial charge in [-0.05, 0) is 33.0 Å². The topological polar surface area (TPSA) is 62.5 Å². The van der Waals surface area contributed by atoms with Crippen LogP contribution in [0.4, 0.5) is 0 Å². The van der Waals surface area contributed by atoms with Crippen LogP contribution in [0.25, 0.3) is 28.2 Å². The average Bonchev–Trinajstić information content (AvgIpc) is 3.37. The summed E-state index contributed by atoms with van der Waals surface area (Å²) in [5, 5.41) is 7.86. The van der Waals surface area contributed by atoms with Gasteiger partial charge in [0.05, 0.1) is 11.4 Å². The molecule has 1 aliphatic rings. The van der Waals surface area contributed by atoms with E-state index in [-0.39, 0.29) is 11.9 Å². The maximum atomic E-state index is 13.1. The summed E-state index contributed by atoms with van der Waals surface area (Å²) in [5.41, 5.74) is 5.76. The van der Waals surface area contributed by atoms with Crippen molar-refractivity contribution in [2.75, 3.05) is 20.1 Å². The van der Waals surface area contributed by atoms with Crippen LogP contribution in [0.1, 0.15) is 22.5 Å². The van der Waals surface area contributed by atoms with Gasteiger partial charge in [-0.25, -0.2) is 9.50 Å². The predicted octanol–water partition coefficient (Wildman–Crippen LogP) is 3.81. The Morgan fingerprint density at radius 2 is 1.71 bits per heavy atom. The maximum absolute atomic E-state index is 13.1. The minimum absolute atomic E-state index is 0.136. The average molecular weight is 412 g/mol. The number of likely N-dealkylation sites (N-methyl/N-ethyl adjacent to an activating group) is 1. The van der Waals surface area contributed by atoms with Crippen LogP contribution in [0.2, 0.25) is 0 Å². The molecule has 2 aromatic carbocycles. The van der Waals surface area contributed by atoms with Crippen LogP contribution >= 0.6 is 0 Å². The molecule has 0 radical (unpaired) electrons. The van der Waals surface area contributed by atoms with Crippen molar-refractivity contribution in [3.8, 4) is 22.5 Å². The fourth-order valence-electron chi connectivity index (χ4n) is 4.22. The van der Waals surface area contributed by atoms with Gasteiger partial charge in [0.25, 0.3) is 5.91 Å². The number of aromatic nitrogens is 3. The number of carbonyl (C=O) groups is 1. The highest BCUT2D eigenvalue weighted by atomic mass is 16.2. The summed E-state index contributed by atoms with van der Waals surface area (Å²) in [5.74, 6) is -0.136. The third-order valence-corrected chi connectivity index (χ3v) is 5.90. The van der Waals surface area contributed by atoms with Gasteiger partial charge >= 0.3 is 0 Å². The van der Waals surface area contributed by atoms with E-state index in [1.165, 1.54) is 0 Å². The molecular weight excluding hydrogens is 386 g/mol. The quantitative estimate of drug-likeness (QED) is 0.555. The number of aryl methyl sites for hydroxylation is 1. The van der Waals surface area contributed by atoms with Crippen molar-refractivity contribution in [3.63, 3.8) is 0 Å². The van der Waals surface area contributed by atoms with Gasteiger partial charge in [0.15, 0.2) is 11.3 Å². The largest absolute Gasteiger partial charge is 0.347 e. The summed E-state index contributed by atoms with van der Waals surface area (Å²) in [7, 11) is 2.07. The third-order valence-electron chi connectivity index (χ3n) is 5.90. The lowest BCUT2D eigenvalue weighted by atomic mass is 10.1. The monoisotopic (exact) mass is 411 g/mol. The number of benzene rings is 2. The van der Waals surface area contributed by atoms with Crippen molar-refractivity contribution in [1.82, 2.24) is 24.8 Å².